The van der Waals surface area contributed by atoms with Gasteiger partial charge >= 0.3 is 5.97 Å². The number of β-amino-alcohol motifs (C(OH)–C–C–N with tert-alkyl or cyclic N) is 1. The molecule has 0 radical (unpaired) electrons. The van der Waals surface area contributed by atoms with Crippen molar-refractivity contribution in [1.29, 1.82) is 0 Å². The quantitative estimate of drug-likeness (QED) is 0.601. The summed E-state index contributed by atoms with van der Waals surface area (Å²) in [6, 6.07) is 0. The molecule has 1 heterocycles. The molecule has 1 rings (SSSR count). The second kappa shape index (κ2) is 3.57. The minimum Gasteiger partial charge on any atom is -0.480 e. The molecule has 0 aromatic heterocycles. The zero-order chi connectivity index (χ0) is 10.9. The summed E-state index contributed by atoms with van der Waals surface area (Å²) in [5.74, 6) is -1.56. The Morgan fingerprint density at radius 3 is 2.36 bits per heavy atom. The molecule has 0 aromatic carbocycles. The summed E-state index contributed by atoms with van der Waals surface area (Å²) in [6.45, 7) is 3.44. The van der Waals surface area contributed by atoms with E-state index in [2.05, 4.69) is 0 Å². The van der Waals surface area contributed by atoms with Crippen molar-refractivity contribution in [2.45, 2.75) is 26.4 Å². The Bertz CT molecular complexity index is 262. The third-order valence-corrected chi connectivity index (χ3v) is 2.52. The summed E-state index contributed by atoms with van der Waals surface area (Å²) in [6.07, 6.45) is 0.0186. The van der Waals surface area contributed by atoms with Gasteiger partial charge in [-0.25, -0.2) is 0 Å². The van der Waals surface area contributed by atoms with E-state index in [9.17, 15) is 14.7 Å². The maximum Gasteiger partial charge on any atom is 0.318 e. The highest BCUT2D eigenvalue weighted by molar-refractivity contribution is 6.01. The molecule has 1 atom stereocenters. The predicted molar refractivity (Wildman–Crippen MR) is 48.6 cm³/mol. The number of likely N-dealkylation sites (tertiary alicyclic amines) is 1. The van der Waals surface area contributed by atoms with E-state index >= 15 is 0 Å². The number of carbonyl (C=O) groups excluding carboxylic acids is 1. The molecule has 14 heavy (non-hydrogen) atoms. The lowest BCUT2D eigenvalue weighted by Crippen LogP contribution is -2.44. The number of aliphatic hydroxyl groups excluding tert-OH is 1. The monoisotopic (exact) mass is 201 g/mol. The summed E-state index contributed by atoms with van der Waals surface area (Å²) < 4.78 is 0. The average Bonchev–Trinajstić information content (AvgIpc) is 2.50. The van der Waals surface area contributed by atoms with E-state index in [0.717, 1.165) is 0 Å². The third kappa shape index (κ3) is 1.87. The molecule has 1 aliphatic heterocycles. The van der Waals surface area contributed by atoms with Crippen molar-refractivity contribution in [3.05, 3.63) is 0 Å². The van der Waals surface area contributed by atoms with Gasteiger partial charge in [0.15, 0.2) is 0 Å². The van der Waals surface area contributed by atoms with Gasteiger partial charge < -0.3 is 15.1 Å². The number of hydrogen-bond donors (Lipinski definition) is 2. The lowest BCUT2D eigenvalue weighted by atomic mass is 9.92. The highest BCUT2D eigenvalue weighted by Gasteiger charge is 2.41. The number of amides is 1. The first kappa shape index (κ1) is 11.0. The lowest BCUT2D eigenvalue weighted by Gasteiger charge is -2.25. The van der Waals surface area contributed by atoms with Gasteiger partial charge in [-0.2, -0.15) is 0 Å². The number of hydrogen-bond acceptors (Lipinski definition) is 3. The normalized spacial score (nSPS) is 22.5. The Balaban J connectivity index is 2.70. The van der Waals surface area contributed by atoms with E-state index in [1.54, 1.807) is 0 Å². The van der Waals surface area contributed by atoms with Gasteiger partial charge in [-0.3, -0.25) is 9.59 Å². The molecule has 0 aliphatic carbocycles. The maximum atomic E-state index is 11.7. The van der Waals surface area contributed by atoms with E-state index in [0.29, 0.717) is 13.0 Å². The summed E-state index contributed by atoms with van der Waals surface area (Å²) in [5, 5.41) is 18.0. The van der Waals surface area contributed by atoms with Crippen molar-refractivity contribution < 1.29 is 19.8 Å². The molecule has 80 valence electrons. The maximum absolute atomic E-state index is 11.7. The van der Waals surface area contributed by atoms with Crippen LogP contribution in [0.1, 0.15) is 20.3 Å². The van der Waals surface area contributed by atoms with E-state index in [1.807, 2.05) is 0 Å². The van der Waals surface area contributed by atoms with Gasteiger partial charge in [-0.15, -0.1) is 0 Å². The number of carbonyl (C=O) groups is 2. The minimum atomic E-state index is -1.40. The molecule has 1 fully saturated rings. The number of carboxylic acid groups (broad SMARTS) is 1. The summed E-state index contributed by atoms with van der Waals surface area (Å²) in [4.78, 5) is 23.9. The van der Waals surface area contributed by atoms with Crippen LogP contribution in [0.2, 0.25) is 0 Å². The van der Waals surface area contributed by atoms with Gasteiger partial charge in [0.25, 0.3) is 0 Å². The Morgan fingerprint density at radius 1 is 1.43 bits per heavy atom. The number of rotatable bonds is 2. The van der Waals surface area contributed by atoms with Crippen LogP contribution in [0, 0.1) is 5.41 Å². The fourth-order valence-electron chi connectivity index (χ4n) is 1.41. The van der Waals surface area contributed by atoms with Crippen molar-refractivity contribution in [2.24, 2.45) is 5.41 Å². The lowest BCUT2D eigenvalue weighted by molar-refractivity contribution is -0.157. The van der Waals surface area contributed by atoms with Crippen molar-refractivity contribution >= 4 is 11.9 Å². The summed E-state index contributed by atoms with van der Waals surface area (Å²) in [5.41, 5.74) is -1.40. The predicted octanol–water partition coefficient (Wildman–Crippen LogP) is -0.310. The second-order valence-corrected chi connectivity index (χ2v) is 4.12. The Morgan fingerprint density at radius 2 is 2.00 bits per heavy atom. The standard InChI is InChI=1S/C9H15NO4/c1-9(2,8(13)14)7(12)10-4-3-6(11)5-10/h6,11H,3-5H2,1-2H3,(H,13,14). The number of carboxylic acids is 1. The molecule has 5 heteroatoms. The first-order chi connectivity index (χ1) is 6.35. The Kier molecular flexibility index (Phi) is 2.80. The molecular weight excluding hydrogens is 186 g/mol. The Labute approximate surface area is 82.3 Å². The number of aliphatic carboxylic acids is 1. The van der Waals surface area contributed by atoms with Crippen molar-refractivity contribution in [3.63, 3.8) is 0 Å². The number of aliphatic hydroxyl groups is 1. The van der Waals surface area contributed by atoms with Crippen molar-refractivity contribution in [2.75, 3.05) is 13.1 Å². The van der Waals surface area contributed by atoms with E-state index < -0.39 is 23.4 Å². The van der Waals surface area contributed by atoms with Crippen LogP contribution in [0.15, 0.2) is 0 Å². The van der Waals surface area contributed by atoms with E-state index in [-0.39, 0.29) is 6.54 Å². The third-order valence-electron chi connectivity index (χ3n) is 2.52. The van der Waals surface area contributed by atoms with Gasteiger partial charge in [-0.1, -0.05) is 0 Å². The Hall–Kier alpha value is -1.10. The molecule has 1 saturated heterocycles. The topological polar surface area (TPSA) is 77.8 Å². The van der Waals surface area contributed by atoms with E-state index in [1.165, 1.54) is 18.7 Å². The van der Waals surface area contributed by atoms with Crippen LogP contribution in [0.3, 0.4) is 0 Å². The zero-order valence-corrected chi connectivity index (χ0v) is 8.36. The molecule has 5 nitrogen and oxygen atoms in total. The fraction of sp³-hybridized carbons (Fsp3) is 0.778. The molecular formula is C9H15NO4. The van der Waals surface area contributed by atoms with Crippen LogP contribution < -0.4 is 0 Å². The van der Waals surface area contributed by atoms with Gasteiger partial charge in [-0.05, 0) is 20.3 Å². The fourth-order valence-corrected chi connectivity index (χ4v) is 1.41. The second-order valence-electron chi connectivity index (χ2n) is 4.12. The highest BCUT2D eigenvalue weighted by Crippen LogP contribution is 2.22. The van der Waals surface area contributed by atoms with Crippen LogP contribution in [0.5, 0.6) is 0 Å². The average molecular weight is 201 g/mol. The van der Waals surface area contributed by atoms with Gasteiger partial charge in [0.2, 0.25) is 5.91 Å². The molecule has 1 unspecified atom stereocenters. The molecule has 0 bridgehead atoms. The van der Waals surface area contributed by atoms with Crippen LogP contribution >= 0.6 is 0 Å². The van der Waals surface area contributed by atoms with E-state index in [4.69, 9.17) is 5.11 Å². The first-order valence-electron chi connectivity index (χ1n) is 4.56. The van der Waals surface area contributed by atoms with Crippen molar-refractivity contribution in [1.82, 2.24) is 4.90 Å². The molecule has 2 N–H and O–H groups in total. The van der Waals surface area contributed by atoms with Gasteiger partial charge in [0, 0.05) is 13.1 Å². The van der Waals surface area contributed by atoms with Crippen LogP contribution in [0.4, 0.5) is 0 Å². The first-order valence-corrected chi connectivity index (χ1v) is 4.56. The number of nitrogens with zero attached hydrogens (tertiary/aromatic N) is 1. The summed E-state index contributed by atoms with van der Waals surface area (Å²) >= 11 is 0. The largest absolute Gasteiger partial charge is 0.480 e. The summed E-state index contributed by atoms with van der Waals surface area (Å²) in [7, 11) is 0. The van der Waals surface area contributed by atoms with Gasteiger partial charge in [0.05, 0.1) is 6.10 Å². The zero-order valence-electron chi connectivity index (χ0n) is 8.36. The molecule has 1 aliphatic rings. The minimum absolute atomic E-state index is 0.246. The van der Waals surface area contributed by atoms with Crippen LogP contribution in [-0.2, 0) is 9.59 Å². The molecule has 1 amide bonds. The highest BCUT2D eigenvalue weighted by atomic mass is 16.4. The van der Waals surface area contributed by atoms with Gasteiger partial charge in [0.1, 0.15) is 5.41 Å². The molecule has 0 saturated carbocycles. The molecule has 0 spiro atoms. The van der Waals surface area contributed by atoms with Crippen LogP contribution in [-0.4, -0.2) is 46.2 Å². The smallest absolute Gasteiger partial charge is 0.318 e. The molecule has 0 aromatic rings. The SMILES string of the molecule is CC(C)(C(=O)O)C(=O)N1CCC(O)C1. The van der Waals surface area contributed by atoms with Crippen LogP contribution in [0.25, 0.3) is 0 Å². The van der Waals surface area contributed by atoms with Crippen molar-refractivity contribution in [3.8, 4) is 0 Å².